The molecule has 0 saturated heterocycles. The maximum atomic E-state index is 12.9. The Balaban J connectivity index is 1.77. The van der Waals surface area contributed by atoms with Gasteiger partial charge < -0.3 is 5.32 Å². The van der Waals surface area contributed by atoms with E-state index in [1.807, 2.05) is 45.0 Å². The Morgan fingerprint density at radius 1 is 1.07 bits per heavy atom. The van der Waals surface area contributed by atoms with E-state index in [9.17, 15) is 10.1 Å². The Morgan fingerprint density at radius 2 is 1.77 bits per heavy atom. The number of benzene rings is 1. The molecule has 4 rings (SSSR count). The highest BCUT2D eigenvalue weighted by Gasteiger charge is 2.24. The van der Waals surface area contributed by atoms with E-state index in [0.29, 0.717) is 26.8 Å². The summed E-state index contributed by atoms with van der Waals surface area (Å²) < 4.78 is 0. The third kappa shape index (κ3) is 3.63. The maximum absolute atomic E-state index is 12.9. The molecule has 0 aliphatic heterocycles. The van der Waals surface area contributed by atoms with Crippen LogP contribution < -0.4 is 5.32 Å². The van der Waals surface area contributed by atoms with Gasteiger partial charge in [0.2, 0.25) is 5.78 Å². The van der Waals surface area contributed by atoms with Gasteiger partial charge in [-0.15, -0.1) is 10.2 Å². The largest absolute Gasteiger partial charge is 0.314 e. The van der Waals surface area contributed by atoms with Crippen LogP contribution in [0, 0.1) is 11.3 Å². The monoisotopic (exact) mass is 414 g/mol. The van der Waals surface area contributed by atoms with Crippen LogP contribution >= 0.6 is 11.3 Å². The first-order valence-electron chi connectivity index (χ1n) is 9.27. The highest BCUT2D eigenvalue weighted by atomic mass is 32.1. The van der Waals surface area contributed by atoms with Crippen molar-refractivity contribution >= 4 is 38.8 Å². The first-order valence-corrected chi connectivity index (χ1v) is 10.1. The van der Waals surface area contributed by atoms with Crippen molar-refractivity contribution in [1.29, 1.82) is 5.26 Å². The molecule has 8 heteroatoms. The summed E-state index contributed by atoms with van der Waals surface area (Å²) >= 11 is 1.27. The molecule has 1 N–H and O–H groups in total. The lowest BCUT2D eigenvalue weighted by Gasteiger charge is -2.15. The second kappa shape index (κ2) is 7.61. The van der Waals surface area contributed by atoms with Gasteiger partial charge in [0.05, 0.1) is 5.69 Å². The number of thiazole rings is 1. The lowest BCUT2D eigenvalue weighted by Crippen LogP contribution is -2.13. The summed E-state index contributed by atoms with van der Waals surface area (Å²) in [5.74, 6) is 0.263. The van der Waals surface area contributed by atoms with E-state index >= 15 is 0 Å². The minimum atomic E-state index is -0.254. The molecule has 0 radical (unpaired) electrons. The summed E-state index contributed by atoms with van der Waals surface area (Å²) in [6, 6.07) is 13.0. The lowest BCUT2D eigenvalue weighted by molar-refractivity contribution is 0.103. The number of nitrogens with one attached hydrogen (secondary N) is 1. The average Bonchev–Trinajstić information content (AvgIpc) is 3.18. The molecule has 3 heterocycles. The van der Waals surface area contributed by atoms with Gasteiger partial charge in [-0.25, -0.2) is 4.98 Å². The number of rotatable bonds is 4. The molecule has 30 heavy (non-hydrogen) atoms. The van der Waals surface area contributed by atoms with Gasteiger partial charge in [-0.1, -0.05) is 56.4 Å². The van der Waals surface area contributed by atoms with Crippen LogP contribution in [-0.4, -0.2) is 25.9 Å². The standard InChI is InChI=1S/C22H18N6OS/c1-22(2,3)19-16(12-23)30-21(25-19)26-20-15-7-5-4-6-14(15)17(27-28-20)18(29)13-8-10-24-11-9-13/h4-11H,1-3H3,(H,25,26,28). The second-order valence-electron chi connectivity index (χ2n) is 7.69. The number of ketones is 1. The van der Waals surface area contributed by atoms with Crippen LogP contribution in [0.4, 0.5) is 10.9 Å². The van der Waals surface area contributed by atoms with Crippen molar-refractivity contribution in [2.45, 2.75) is 26.2 Å². The second-order valence-corrected chi connectivity index (χ2v) is 8.69. The molecular formula is C22H18N6OS. The number of pyridine rings is 1. The number of aromatic nitrogens is 4. The van der Waals surface area contributed by atoms with Crippen molar-refractivity contribution in [2.24, 2.45) is 0 Å². The molecule has 0 aliphatic rings. The fourth-order valence-corrected chi connectivity index (χ4v) is 4.04. The third-order valence-corrected chi connectivity index (χ3v) is 5.38. The SMILES string of the molecule is CC(C)(C)c1nc(Nc2nnc(C(=O)c3ccncc3)c3ccccc23)sc1C#N. The van der Waals surface area contributed by atoms with E-state index in [1.54, 1.807) is 24.5 Å². The number of carbonyl (C=O) groups excluding carboxylic acids is 1. The van der Waals surface area contributed by atoms with Crippen molar-refractivity contribution in [3.05, 3.63) is 70.6 Å². The summed E-state index contributed by atoms with van der Waals surface area (Å²) in [6.45, 7) is 6.05. The molecule has 1 aromatic carbocycles. The predicted molar refractivity (Wildman–Crippen MR) is 116 cm³/mol. The van der Waals surface area contributed by atoms with Gasteiger partial charge >= 0.3 is 0 Å². The van der Waals surface area contributed by atoms with Gasteiger partial charge in [0, 0.05) is 34.1 Å². The van der Waals surface area contributed by atoms with Crippen LogP contribution in [-0.2, 0) is 5.41 Å². The fraction of sp³-hybridized carbons (Fsp3) is 0.182. The number of nitriles is 1. The van der Waals surface area contributed by atoms with Crippen LogP contribution in [0.25, 0.3) is 10.8 Å². The Kier molecular flexibility index (Phi) is 4.98. The maximum Gasteiger partial charge on any atom is 0.213 e. The van der Waals surface area contributed by atoms with Crippen LogP contribution in [0.3, 0.4) is 0 Å². The molecule has 0 atom stereocenters. The summed E-state index contributed by atoms with van der Waals surface area (Å²) in [5.41, 5.74) is 1.25. The van der Waals surface area contributed by atoms with Crippen LogP contribution in [0.2, 0.25) is 0 Å². The molecular weight excluding hydrogens is 396 g/mol. The molecule has 0 unspecified atom stereocenters. The van der Waals surface area contributed by atoms with Crippen molar-refractivity contribution in [1.82, 2.24) is 20.2 Å². The number of fused-ring (bicyclic) bond motifs is 1. The van der Waals surface area contributed by atoms with E-state index in [0.717, 1.165) is 11.1 Å². The van der Waals surface area contributed by atoms with Gasteiger partial charge in [-0.3, -0.25) is 9.78 Å². The van der Waals surface area contributed by atoms with E-state index in [4.69, 9.17) is 0 Å². The zero-order valence-electron chi connectivity index (χ0n) is 16.7. The molecule has 0 fully saturated rings. The van der Waals surface area contributed by atoms with E-state index < -0.39 is 0 Å². The number of hydrogen-bond acceptors (Lipinski definition) is 8. The first kappa shape index (κ1) is 19.6. The number of carbonyl (C=O) groups is 1. The van der Waals surface area contributed by atoms with Gasteiger partial charge in [-0.2, -0.15) is 5.26 Å². The smallest absolute Gasteiger partial charge is 0.213 e. The normalized spacial score (nSPS) is 11.3. The molecule has 3 aromatic heterocycles. The molecule has 0 amide bonds. The summed E-state index contributed by atoms with van der Waals surface area (Å²) in [5, 5.41) is 23.1. The van der Waals surface area contributed by atoms with Gasteiger partial charge in [0.1, 0.15) is 16.6 Å². The van der Waals surface area contributed by atoms with Gasteiger partial charge in [0.15, 0.2) is 10.9 Å². The quantitative estimate of drug-likeness (QED) is 0.486. The highest BCUT2D eigenvalue weighted by molar-refractivity contribution is 7.16. The van der Waals surface area contributed by atoms with E-state index in [1.165, 1.54) is 11.3 Å². The number of hydrogen-bond donors (Lipinski definition) is 1. The van der Waals surface area contributed by atoms with E-state index in [2.05, 4.69) is 31.6 Å². The molecule has 0 saturated carbocycles. The topological polar surface area (TPSA) is 104 Å². The highest BCUT2D eigenvalue weighted by Crippen LogP contribution is 2.34. The van der Waals surface area contributed by atoms with Gasteiger partial charge in [-0.05, 0) is 12.1 Å². The Labute approximate surface area is 177 Å². The summed E-state index contributed by atoms with van der Waals surface area (Å²) in [4.78, 5) is 22.0. The van der Waals surface area contributed by atoms with Crippen LogP contribution in [0.15, 0.2) is 48.8 Å². The van der Waals surface area contributed by atoms with Crippen molar-refractivity contribution in [3.8, 4) is 6.07 Å². The first-order chi connectivity index (χ1) is 14.4. The molecule has 148 valence electrons. The summed E-state index contributed by atoms with van der Waals surface area (Å²) in [6.07, 6.45) is 3.14. The Morgan fingerprint density at radius 3 is 2.40 bits per heavy atom. The lowest BCUT2D eigenvalue weighted by atomic mass is 9.91. The molecule has 0 aliphatic carbocycles. The summed E-state index contributed by atoms with van der Waals surface area (Å²) in [7, 11) is 0. The van der Waals surface area contributed by atoms with Crippen LogP contribution in [0.1, 0.15) is 47.4 Å². The molecule has 0 spiro atoms. The van der Waals surface area contributed by atoms with E-state index in [-0.39, 0.29) is 16.9 Å². The number of anilines is 2. The Bertz CT molecular complexity index is 1280. The molecule has 0 bridgehead atoms. The van der Waals surface area contributed by atoms with Gasteiger partial charge in [0.25, 0.3) is 0 Å². The minimum Gasteiger partial charge on any atom is -0.314 e. The average molecular weight is 414 g/mol. The van der Waals surface area contributed by atoms with Crippen LogP contribution in [0.5, 0.6) is 0 Å². The zero-order chi connectivity index (χ0) is 21.3. The van der Waals surface area contributed by atoms with Crippen molar-refractivity contribution < 1.29 is 4.79 Å². The molecule has 7 nitrogen and oxygen atoms in total. The fourth-order valence-electron chi connectivity index (χ4n) is 3.06. The van der Waals surface area contributed by atoms with Crippen molar-refractivity contribution in [2.75, 3.05) is 5.32 Å². The predicted octanol–water partition coefficient (Wildman–Crippen LogP) is 4.63. The Hall–Kier alpha value is -3.70. The zero-order valence-corrected chi connectivity index (χ0v) is 17.5. The van der Waals surface area contributed by atoms with Crippen molar-refractivity contribution in [3.63, 3.8) is 0 Å². The number of nitrogens with zero attached hydrogens (tertiary/aromatic N) is 5. The third-order valence-electron chi connectivity index (χ3n) is 4.51. The minimum absolute atomic E-state index is 0.219. The molecule has 4 aromatic rings.